The van der Waals surface area contributed by atoms with Gasteiger partial charge in [0, 0.05) is 23.9 Å². The average molecular weight is 273 g/mol. The van der Waals surface area contributed by atoms with Gasteiger partial charge in [0.2, 0.25) is 0 Å². The van der Waals surface area contributed by atoms with Crippen molar-refractivity contribution < 1.29 is 9.90 Å². The number of fused-ring (bicyclic) bond motifs is 1. The zero-order chi connectivity index (χ0) is 14.5. The number of aliphatic hydroxyl groups is 1. The normalized spacial score (nSPS) is 24.4. The maximum Gasteiger partial charge on any atom is 0.272 e. The lowest BCUT2D eigenvalue weighted by Gasteiger charge is -2.49. The van der Waals surface area contributed by atoms with Crippen molar-refractivity contribution in [3.8, 4) is 0 Å². The Kier molecular flexibility index (Phi) is 2.83. The average Bonchev–Trinajstić information content (AvgIpc) is 2.76. The number of aromatic nitrogens is 2. The van der Waals surface area contributed by atoms with Crippen molar-refractivity contribution >= 4 is 16.8 Å². The van der Waals surface area contributed by atoms with Crippen LogP contribution in [0.5, 0.6) is 0 Å². The molecule has 5 heteroatoms. The van der Waals surface area contributed by atoms with Gasteiger partial charge in [0.25, 0.3) is 5.91 Å². The van der Waals surface area contributed by atoms with Crippen molar-refractivity contribution in [2.75, 3.05) is 0 Å². The summed E-state index contributed by atoms with van der Waals surface area (Å²) in [6.45, 7) is 3.92. The predicted molar refractivity (Wildman–Crippen MR) is 76.4 cm³/mol. The molecule has 0 spiro atoms. The molecule has 3 rings (SSSR count). The van der Waals surface area contributed by atoms with Gasteiger partial charge in [-0.1, -0.05) is 32.0 Å². The number of amides is 1. The Labute approximate surface area is 117 Å². The lowest BCUT2D eigenvalue weighted by atomic mass is 9.64. The highest BCUT2D eigenvalue weighted by atomic mass is 16.3. The zero-order valence-electron chi connectivity index (χ0n) is 11.9. The number of carbonyl (C=O) groups is 1. The van der Waals surface area contributed by atoms with Gasteiger partial charge in [0.15, 0.2) is 5.69 Å². The first-order chi connectivity index (χ1) is 9.41. The summed E-state index contributed by atoms with van der Waals surface area (Å²) in [5.74, 6) is -0.174. The minimum atomic E-state index is -0.353. The smallest absolute Gasteiger partial charge is 0.272 e. The molecule has 5 nitrogen and oxygen atoms in total. The Morgan fingerprint density at radius 2 is 2.15 bits per heavy atom. The first-order valence-corrected chi connectivity index (χ1v) is 6.82. The lowest BCUT2D eigenvalue weighted by Crippen LogP contribution is -2.61. The molecule has 2 N–H and O–H groups in total. The minimum Gasteiger partial charge on any atom is -0.392 e. The summed E-state index contributed by atoms with van der Waals surface area (Å²) in [7, 11) is 1.83. The monoisotopic (exact) mass is 273 g/mol. The maximum absolute atomic E-state index is 12.4. The molecule has 1 aromatic heterocycles. The fourth-order valence-electron chi connectivity index (χ4n) is 2.76. The molecule has 0 saturated heterocycles. The van der Waals surface area contributed by atoms with Crippen LogP contribution in [-0.4, -0.2) is 32.9 Å². The van der Waals surface area contributed by atoms with Gasteiger partial charge in [-0.15, -0.1) is 0 Å². The number of nitrogens with zero attached hydrogens (tertiary/aromatic N) is 2. The van der Waals surface area contributed by atoms with Crippen molar-refractivity contribution in [1.82, 2.24) is 15.1 Å². The number of hydrogen-bond acceptors (Lipinski definition) is 3. The highest BCUT2D eigenvalue weighted by molar-refractivity contribution is 6.05. The van der Waals surface area contributed by atoms with Crippen molar-refractivity contribution in [3.05, 3.63) is 30.0 Å². The number of benzene rings is 1. The van der Waals surface area contributed by atoms with Gasteiger partial charge in [0.05, 0.1) is 11.6 Å². The van der Waals surface area contributed by atoms with Crippen LogP contribution in [0, 0.1) is 5.41 Å². The molecule has 1 fully saturated rings. The molecule has 2 atom stereocenters. The van der Waals surface area contributed by atoms with Gasteiger partial charge in [-0.25, -0.2) is 0 Å². The largest absolute Gasteiger partial charge is 0.392 e. The fourth-order valence-corrected chi connectivity index (χ4v) is 2.76. The summed E-state index contributed by atoms with van der Waals surface area (Å²) < 4.78 is 1.71. The van der Waals surface area contributed by atoms with Gasteiger partial charge in [-0.2, -0.15) is 5.10 Å². The second kappa shape index (κ2) is 4.31. The molecule has 1 aromatic carbocycles. The van der Waals surface area contributed by atoms with Crippen LogP contribution in [0.1, 0.15) is 30.8 Å². The second-order valence-electron chi connectivity index (χ2n) is 6.09. The number of para-hydroxylation sites is 1. The Balaban J connectivity index is 1.87. The number of aliphatic hydroxyl groups excluding tert-OH is 1. The van der Waals surface area contributed by atoms with Crippen LogP contribution in [0.15, 0.2) is 24.3 Å². The summed E-state index contributed by atoms with van der Waals surface area (Å²) in [6.07, 6.45) is 0.247. The summed E-state index contributed by atoms with van der Waals surface area (Å²) >= 11 is 0. The van der Waals surface area contributed by atoms with Crippen molar-refractivity contribution in [2.24, 2.45) is 12.5 Å². The van der Waals surface area contributed by atoms with Gasteiger partial charge in [0.1, 0.15) is 0 Å². The summed E-state index contributed by atoms with van der Waals surface area (Å²) in [4.78, 5) is 12.4. The number of hydrogen-bond donors (Lipinski definition) is 2. The fraction of sp³-hybridized carbons (Fsp3) is 0.467. The topological polar surface area (TPSA) is 67.2 Å². The van der Waals surface area contributed by atoms with Crippen LogP contribution in [-0.2, 0) is 7.05 Å². The Morgan fingerprint density at radius 3 is 2.80 bits per heavy atom. The first kappa shape index (κ1) is 13.1. The summed E-state index contributed by atoms with van der Waals surface area (Å²) in [5, 5.41) is 17.9. The molecule has 0 bridgehead atoms. The van der Waals surface area contributed by atoms with E-state index >= 15 is 0 Å². The highest BCUT2D eigenvalue weighted by Crippen LogP contribution is 2.40. The molecule has 0 aliphatic heterocycles. The van der Waals surface area contributed by atoms with Gasteiger partial charge in [-0.05, 0) is 12.5 Å². The summed E-state index contributed by atoms with van der Waals surface area (Å²) in [6, 6.07) is 7.66. The van der Waals surface area contributed by atoms with Crippen LogP contribution in [0.2, 0.25) is 0 Å². The minimum absolute atomic E-state index is 0.00855. The maximum atomic E-state index is 12.4. The third kappa shape index (κ3) is 1.81. The predicted octanol–water partition coefficient (Wildman–Crippen LogP) is 1.46. The molecular weight excluding hydrogens is 254 g/mol. The van der Waals surface area contributed by atoms with E-state index in [-0.39, 0.29) is 23.5 Å². The van der Waals surface area contributed by atoms with Crippen LogP contribution in [0.4, 0.5) is 0 Å². The van der Waals surface area contributed by atoms with Crippen molar-refractivity contribution in [1.29, 1.82) is 0 Å². The molecule has 1 saturated carbocycles. The number of nitrogens with one attached hydrogen (secondary N) is 1. The number of rotatable bonds is 2. The zero-order valence-corrected chi connectivity index (χ0v) is 11.9. The van der Waals surface area contributed by atoms with Crippen molar-refractivity contribution in [3.63, 3.8) is 0 Å². The molecule has 20 heavy (non-hydrogen) atoms. The van der Waals surface area contributed by atoms with Gasteiger partial charge in [-0.3, -0.25) is 9.48 Å². The number of carbonyl (C=O) groups excluding carboxylic acids is 1. The van der Waals surface area contributed by atoms with E-state index in [1.54, 1.807) is 4.68 Å². The third-order valence-electron chi connectivity index (χ3n) is 4.49. The highest BCUT2D eigenvalue weighted by Gasteiger charge is 2.48. The van der Waals surface area contributed by atoms with E-state index in [0.717, 1.165) is 10.9 Å². The molecule has 2 aromatic rings. The van der Waals surface area contributed by atoms with E-state index in [4.69, 9.17) is 0 Å². The van der Waals surface area contributed by atoms with Gasteiger partial charge >= 0.3 is 0 Å². The molecule has 1 amide bonds. The Bertz CT molecular complexity index is 675. The van der Waals surface area contributed by atoms with Crippen LogP contribution in [0.25, 0.3) is 10.9 Å². The van der Waals surface area contributed by atoms with E-state index in [1.807, 2.05) is 45.2 Å². The Morgan fingerprint density at radius 1 is 1.45 bits per heavy atom. The van der Waals surface area contributed by atoms with Crippen LogP contribution in [0.3, 0.4) is 0 Å². The van der Waals surface area contributed by atoms with E-state index < -0.39 is 0 Å². The van der Waals surface area contributed by atoms with Crippen molar-refractivity contribution in [2.45, 2.75) is 32.4 Å². The lowest BCUT2D eigenvalue weighted by molar-refractivity contribution is -0.0689. The molecule has 106 valence electrons. The second-order valence-corrected chi connectivity index (χ2v) is 6.09. The van der Waals surface area contributed by atoms with E-state index in [0.29, 0.717) is 12.1 Å². The molecular formula is C15H19N3O2. The molecule has 2 unspecified atom stereocenters. The molecule has 1 heterocycles. The van der Waals surface area contributed by atoms with E-state index in [2.05, 4.69) is 10.4 Å². The van der Waals surface area contributed by atoms with E-state index in [9.17, 15) is 9.90 Å². The van der Waals surface area contributed by atoms with Crippen LogP contribution >= 0.6 is 0 Å². The SMILES string of the molecule is Cn1nc(C(=O)NC2CC(O)C2(C)C)c2ccccc21. The number of aryl methyl sites for hydroxylation is 1. The van der Waals surface area contributed by atoms with E-state index in [1.165, 1.54) is 0 Å². The first-order valence-electron chi connectivity index (χ1n) is 6.82. The van der Waals surface area contributed by atoms with Crippen LogP contribution < -0.4 is 5.32 Å². The standard InChI is InChI=1S/C15H19N3O2/c1-15(2)11(8-12(15)19)16-14(20)13-9-6-4-5-7-10(9)18(3)17-13/h4-7,11-12,19H,8H2,1-3H3,(H,16,20). The molecule has 1 aliphatic carbocycles. The quantitative estimate of drug-likeness (QED) is 0.870. The van der Waals surface area contributed by atoms with Gasteiger partial charge < -0.3 is 10.4 Å². The molecule has 1 aliphatic rings. The summed E-state index contributed by atoms with van der Waals surface area (Å²) in [5.41, 5.74) is 1.10. The third-order valence-corrected chi connectivity index (χ3v) is 4.49. The molecule has 0 radical (unpaired) electrons. The Hall–Kier alpha value is -1.88.